The molecular formula is C11H8BrFN2O4. The summed E-state index contributed by atoms with van der Waals surface area (Å²) in [5.41, 5.74) is 0.158. The van der Waals surface area contributed by atoms with E-state index in [1.807, 2.05) is 0 Å². The Hall–Kier alpha value is -1.96. The largest absolute Gasteiger partial charge is 0.477 e. The van der Waals surface area contributed by atoms with Crippen LogP contribution in [0.5, 0.6) is 0 Å². The third kappa shape index (κ3) is 3.08. The summed E-state index contributed by atoms with van der Waals surface area (Å²) in [5.74, 6) is -2.22. The molecule has 1 amide bonds. The van der Waals surface area contributed by atoms with Gasteiger partial charge in [0.2, 0.25) is 6.10 Å². The van der Waals surface area contributed by atoms with Gasteiger partial charge in [-0.05, 0) is 34.1 Å². The standard InChI is InChI=1S/C11H8BrFN2O4/c12-6-3-5(1-2-7(6)13)14-10(16)9-4-8(11(17)18)15-19-9/h1-3,9H,4H2,(H,14,16)(H,17,18). The molecule has 0 saturated carbocycles. The van der Waals surface area contributed by atoms with E-state index in [0.29, 0.717) is 5.69 Å². The van der Waals surface area contributed by atoms with E-state index >= 15 is 0 Å². The number of carbonyl (C=O) groups is 2. The predicted octanol–water partition coefficient (Wildman–Crippen LogP) is 1.76. The molecule has 1 atom stereocenters. The maximum Gasteiger partial charge on any atom is 0.353 e. The van der Waals surface area contributed by atoms with Crippen molar-refractivity contribution in [2.24, 2.45) is 5.16 Å². The molecule has 1 heterocycles. The van der Waals surface area contributed by atoms with Crippen molar-refractivity contribution in [3.63, 3.8) is 0 Å². The molecule has 0 spiro atoms. The van der Waals surface area contributed by atoms with Gasteiger partial charge in [0.15, 0.2) is 5.71 Å². The fourth-order valence-corrected chi connectivity index (χ4v) is 1.82. The fourth-order valence-electron chi connectivity index (χ4n) is 1.44. The van der Waals surface area contributed by atoms with Crippen LogP contribution in [0.15, 0.2) is 27.8 Å². The first kappa shape index (κ1) is 13.5. The van der Waals surface area contributed by atoms with Gasteiger partial charge >= 0.3 is 5.97 Å². The topological polar surface area (TPSA) is 88.0 Å². The Labute approximate surface area is 115 Å². The molecule has 19 heavy (non-hydrogen) atoms. The van der Waals surface area contributed by atoms with Gasteiger partial charge in [0.25, 0.3) is 5.91 Å². The summed E-state index contributed by atoms with van der Waals surface area (Å²) in [6.45, 7) is 0. The van der Waals surface area contributed by atoms with E-state index in [-0.39, 0.29) is 16.6 Å². The highest BCUT2D eigenvalue weighted by molar-refractivity contribution is 9.10. The average Bonchev–Trinajstić information content (AvgIpc) is 2.83. The van der Waals surface area contributed by atoms with E-state index in [1.165, 1.54) is 18.2 Å². The Balaban J connectivity index is 1.99. The number of nitrogens with one attached hydrogen (secondary N) is 1. The Morgan fingerprint density at radius 2 is 2.26 bits per heavy atom. The van der Waals surface area contributed by atoms with Crippen molar-refractivity contribution in [2.75, 3.05) is 5.32 Å². The summed E-state index contributed by atoms with van der Waals surface area (Å²) < 4.78 is 13.2. The molecule has 0 fully saturated rings. The van der Waals surface area contributed by atoms with Crippen LogP contribution in [0.4, 0.5) is 10.1 Å². The first-order valence-corrected chi connectivity index (χ1v) is 5.98. The van der Waals surface area contributed by atoms with Crippen molar-refractivity contribution in [1.29, 1.82) is 0 Å². The lowest BCUT2D eigenvalue weighted by molar-refractivity contribution is -0.129. The number of rotatable bonds is 3. The van der Waals surface area contributed by atoms with E-state index in [9.17, 15) is 14.0 Å². The number of aliphatic carboxylic acids is 1. The molecule has 0 bridgehead atoms. The molecule has 8 heteroatoms. The van der Waals surface area contributed by atoms with Gasteiger partial charge in [-0.1, -0.05) is 5.16 Å². The van der Waals surface area contributed by atoms with Gasteiger partial charge in [-0.2, -0.15) is 0 Å². The normalized spacial score (nSPS) is 17.6. The minimum absolute atomic E-state index is 0.108. The molecule has 2 rings (SSSR count). The van der Waals surface area contributed by atoms with E-state index in [2.05, 4.69) is 26.4 Å². The molecule has 2 N–H and O–H groups in total. The second kappa shape index (κ2) is 5.35. The molecule has 1 aliphatic rings. The highest BCUT2D eigenvalue weighted by atomic mass is 79.9. The lowest BCUT2D eigenvalue weighted by atomic mass is 10.1. The SMILES string of the molecule is O=C(O)C1=NOC(C(=O)Nc2ccc(F)c(Br)c2)C1. The molecule has 1 aromatic carbocycles. The Morgan fingerprint density at radius 1 is 1.53 bits per heavy atom. The van der Waals surface area contributed by atoms with Crippen molar-refractivity contribution < 1.29 is 23.9 Å². The summed E-state index contributed by atoms with van der Waals surface area (Å²) in [7, 11) is 0. The molecular weight excluding hydrogens is 323 g/mol. The first-order valence-electron chi connectivity index (χ1n) is 5.19. The van der Waals surface area contributed by atoms with Crippen LogP contribution in [0, 0.1) is 5.82 Å². The van der Waals surface area contributed by atoms with E-state index in [4.69, 9.17) is 9.94 Å². The predicted molar refractivity (Wildman–Crippen MR) is 67.3 cm³/mol. The third-order valence-corrected chi connectivity index (χ3v) is 3.00. The zero-order valence-corrected chi connectivity index (χ0v) is 11.0. The van der Waals surface area contributed by atoms with Gasteiger partial charge in [-0.3, -0.25) is 4.79 Å². The summed E-state index contributed by atoms with van der Waals surface area (Å²) in [6, 6.07) is 3.96. The number of amides is 1. The summed E-state index contributed by atoms with van der Waals surface area (Å²) >= 11 is 2.99. The molecule has 0 radical (unpaired) electrons. The maximum atomic E-state index is 13.0. The number of nitrogens with zero attached hydrogens (tertiary/aromatic N) is 1. The molecule has 0 aromatic heterocycles. The highest BCUT2D eigenvalue weighted by Gasteiger charge is 2.31. The third-order valence-electron chi connectivity index (χ3n) is 2.40. The molecule has 1 aromatic rings. The van der Waals surface area contributed by atoms with Gasteiger partial charge in [0, 0.05) is 12.1 Å². The van der Waals surface area contributed by atoms with Gasteiger partial charge in [-0.25, -0.2) is 9.18 Å². The molecule has 0 aliphatic carbocycles. The Bertz CT molecular complexity index is 576. The fraction of sp³-hybridized carbons (Fsp3) is 0.182. The Kier molecular flexibility index (Phi) is 3.79. The smallest absolute Gasteiger partial charge is 0.353 e. The number of hydrogen-bond acceptors (Lipinski definition) is 4. The number of benzene rings is 1. The molecule has 1 unspecified atom stereocenters. The minimum atomic E-state index is -1.22. The summed E-state index contributed by atoms with van der Waals surface area (Å²) in [5, 5.41) is 14.5. The van der Waals surface area contributed by atoms with E-state index in [1.54, 1.807) is 0 Å². The van der Waals surface area contributed by atoms with Crippen LogP contribution in [0.25, 0.3) is 0 Å². The summed E-state index contributed by atoms with van der Waals surface area (Å²) in [4.78, 5) is 27.1. The van der Waals surface area contributed by atoms with Gasteiger partial charge in [0.1, 0.15) is 5.82 Å². The number of anilines is 1. The molecule has 6 nitrogen and oxygen atoms in total. The van der Waals surface area contributed by atoms with Crippen molar-refractivity contribution in [2.45, 2.75) is 12.5 Å². The number of oxime groups is 1. The number of carboxylic acid groups (broad SMARTS) is 1. The van der Waals surface area contributed by atoms with Crippen LogP contribution < -0.4 is 5.32 Å². The van der Waals surface area contributed by atoms with E-state index < -0.39 is 23.8 Å². The lowest BCUT2D eigenvalue weighted by Gasteiger charge is -2.09. The van der Waals surface area contributed by atoms with Crippen LogP contribution in [0.2, 0.25) is 0 Å². The second-order valence-corrected chi connectivity index (χ2v) is 4.61. The number of carbonyl (C=O) groups excluding carboxylic acids is 1. The number of halogens is 2. The van der Waals surface area contributed by atoms with Gasteiger partial charge < -0.3 is 15.3 Å². The van der Waals surface area contributed by atoms with Gasteiger partial charge in [0.05, 0.1) is 4.47 Å². The lowest BCUT2D eigenvalue weighted by Crippen LogP contribution is -2.28. The maximum absolute atomic E-state index is 13.0. The van der Waals surface area contributed by atoms with Crippen LogP contribution in [0.1, 0.15) is 6.42 Å². The summed E-state index contributed by atoms with van der Waals surface area (Å²) in [6.07, 6.45) is -1.10. The zero-order valence-electron chi connectivity index (χ0n) is 9.39. The minimum Gasteiger partial charge on any atom is -0.477 e. The van der Waals surface area contributed by atoms with Crippen LogP contribution in [-0.2, 0) is 14.4 Å². The molecule has 100 valence electrons. The van der Waals surface area contributed by atoms with Crippen molar-refractivity contribution in [3.8, 4) is 0 Å². The molecule has 0 saturated heterocycles. The van der Waals surface area contributed by atoms with Crippen molar-refractivity contribution >= 4 is 39.2 Å². The van der Waals surface area contributed by atoms with Gasteiger partial charge in [-0.15, -0.1) is 0 Å². The Morgan fingerprint density at radius 3 is 2.84 bits per heavy atom. The van der Waals surface area contributed by atoms with Crippen molar-refractivity contribution in [3.05, 3.63) is 28.5 Å². The van der Waals surface area contributed by atoms with Crippen LogP contribution in [0.3, 0.4) is 0 Å². The quantitative estimate of drug-likeness (QED) is 0.883. The monoisotopic (exact) mass is 330 g/mol. The first-order chi connectivity index (χ1) is 8.97. The average molecular weight is 331 g/mol. The zero-order chi connectivity index (χ0) is 14.0. The van der Waals surface area contributed by atoms with Crippen LogP contribution in [-0.4, -0.2) is 28.8 Å². The highest BCUT2D eigenvalue weighted by Crippen LogP contribution is 2.21. The second-order valence-electron chi connectivity index (χ2n) is 3.76. The number of hydrogen-bond donors (Lipinski definition) is 2. The number of carboxylic acids is 1. The molecule has 1 aliphatic heterocycles. The van der Waals surface area contributed by atoms with Crippen LogP contribution >= 0.6 is 15.9 Å². The van der Waals surface area contributed by atoms with Crippen molar-refractivity contribution in [1.82, 2.24) is 0 Å². The van der Waals surface area contributed by atoms with E-state index in [0.717, 1.165) is 0 Å².